The number of carbonyl (C=O) groups is 1. The fourth-order valence-corrected chi connectivity index (χ4v) is 4.65. The zero-order valence-corrected chi connectivity index (χ0v) is 16.5. The summed E-state index contributed by atoms with van der Waals surface area (Å²) in [6, 6.07) is 8.77. The molecule has 1 unspecified atom stereocenters. The standard InChI is InChI=1S/C22H20N2O6/c1-3-11-12-7-5-6-8-15(12)23-18-16-9-14-13(10-30-20(26)21(14,27)4-2)19(25)24(16)22(28,29)17(11)18/h5-9,27-29H,3-4,10H2,1-2H3. The average Bonchev–Trinajstić information content (AvgIpc) is 2.96. The van der Waals surface area contributed by atoms with Gasteiger partial charge in [-0.05, 0) is 30.5 Å². The van der Waals surface area contributed by atoms with Crippen molar-refractivity contribution in [3.63, 3.8) is 0 Å². The van der Waals surface area contributed by atoms with Gasteiger partial charge in [0, 0.05) is 10.9 Å². The van der Waals surface area contributed by atoms with Crippen LogP contribution in [0.2, 0.25) is 0 Å². The van der Waals surface area contributed by atoms with E-state index in [2.05, 4.69) is 4.98 Å². The molecule has 0 radical (unpaired) electrons. The number of carbonyl (C=O) groups excluding carboxylic acids is 1. The lowest BCUT2D eigenvalue weighted by Gasteiger charge is -2.32. The largest absolute Gasteiger partial charge is 0.458 e. The van der Waals surface area contributed by atoms with E-state index in [1.54, 1.807) is 6.92 Å². The van der Waals surface area contributed by atoms with Crippen LogP contribution >= 0.6 is 0 Å². The Hall–Kier alpha value is -3.07. The molecular weight excluding hydrogens is 388 g/mol. The molecule has 30 heavy (non-hydrogen) atoms. The number of pyridine rings is 2. The molecule has 1 aromatic carbocycles. The van der Waals surface area contributed by atoms with E-state index in [1.807, 2.05) is 31.2 Å². The predicted molar refractivity (Wildman–Crippen MR) is 106 cm³/mol. The zero-order chi connectivity index (χ0) is 21.4. The molecule has 2 aliphatic heterocycles. The lowest BCUT2D eigenvalue weighted by atomic mass is 9.86. The monoisotopic (exact) mass is 408 g/mol. The fourth-order valence-electron chi connectivity index (χ4n) is 4.65. The predicted octanol–water partition coefficient (Wildman–Crippen LogP) is 1.24. The van der Waals surface area contributed by atoms with Crippen molar-refractivity contribution in [1.29, 1.82) is 0 Å². The Labute approximate surface area is 171 Å². The summed E-state index contributed by atoms with van der Waals surface area (Å²) < 4.78 is 5.88. The van der Waals surface area contributed by atoms with E-state index in [9.17, 15) is 24.9 Å². The first-order valence-electron chi connectivity index (χ1n) is 9.82. The summed E-state index contributed by atoms with van der Waals surface area (Å²) >= 11 is 0. The number of rotatable bonds is 2. The van der Waals surface area contributed by atoms with Gasteiger partial charge in [-0.2, -0.15) is 0 Å². The van der Waals surface area contributed by atoms with Crippen molar-refractivity contribution < 1.29 is 24.9 Å². The van der Waals surface area contributed by atoms with Gasteiger partial charge in [-0.1, -0.05) is 32.0 Å². The molecule has 2 aromatic heterocycles. The maximum atomic E-state index is 13.3. The van der Waals surface area contributed by atoms with E-state index >= 15 is 0 Å². The molecule has 5 rings (SSSR count). The van der Waals surface area contributed by atoms with Crippen molar-refractivity contribution in [1.82, 2.24) is 9.55 Å². The molecule has 0 amide bonds. The van der Waals surface area contributed by atoms with Crippen LogP contribution in [0, 0.1) is 0 Å². The van der Waals surface area contributed by atoms with Crippen molar-refractivity contribution in [2.45, 2.75) is 44.8 Å². The van der Waals surface area contributed by atoms with Crippen molar-refractivity contribution in [2.24, 2.45) is 0 Å². The van der Waals surface area contributed by atoms with E-state index in [-0.39, 0.29) is 41.1 Å². The summed E-state index contributed by atoms with van der Waals surface area (Å²) in [6.45, 7) is 3.15. The minimum atomic E-state index is -2.62. The van der Waals surface area contributed by atoms with Gasteiger partial charge < -0.3 is 20.1 Å². The summed E-state index contributed by atoms with van der Waals surface area (Å²) in [5.41, 5.74) is -0.754. The Kier molecular flexibility index (Phi) is 3.77. The van der Waals surface area contributed by atoms with Gasteiger partial charge in [-0.3, -0.25) is 4.79 Å². The topological polar surface area (TPSA) is 122 Å². The van der Waals surface area contributed by atoms with Crippen LogP contribution in [-0.2, 0) is 34.1 Å². The molecule has 0 bridgehead atoms. The first-order valence-corrected chi connectivity index (χ1v) is 9.82. The summed E-state index contributed by atoms with van der Waals surface area (Å²) in [7, 11) is 0. The number of aromatic nitrogens is 2. The number of esters is 1. The summed E-state index contributed by atoms with van der Waals surface area (Å²) in [4.78, 5) is 30.2. The molecule has 3 N–H and O–H groups in total. The van der Waals surface area contributed by atoms with Crippen LogP contribution in [0.15, 0.2) is 35.1 Å². The molecule has 0 saturated carbocycles. The maximum absolute atomic E-state index is 13.3. The molecule has 8 nitrogen and oxygen atoms in total. The van der Waals surface area contributed by atoms with E-state index in [0.717, 1.165) is 9.95 Å². The second kappa shape index (κ2) is 5.98. The highest BCUT2D eigenvalue weighted by atomic mass is 16.6. The zero-order valence-electron chi connectivity index (χ0n) is 16.5. The van der Waals surface area contributed by atoms with Gasteiger partial charge in [0.2, 0.25) is 0 Å². The van der Waals surface area contributed by atoms with E-state index in [0.29, 0.717) is 17.5 Å². The number of fused-ring (bicyclic) bond motifs is 5. The second-order valence-corrected chi connectivity index (χ2v) is 7.67. The maximum Gasteiger partial charge on any atom is 0.343 e. The Bertz CT molecular complexity index is 1310. The molecule has 0 fully saturated rings. The molecule has 4 heterocycles. The number of cyclic esters (lactones) is 1. The summed E-state index contributed by atoms with van der Waals surface area (Å²) in [6.07, 6.45) is 0.487. The van der Waals surface area contributed by atoms with Crippen molar-refractivity contribution in [2.75, 3.05) is 0 Å². The number of para-hydroxylation sites is 1. The first-order chi connectivity index (χ1) is 14.3. The molecule has 0 saturated heterocycles. The fraction of sp³-hybridized carbons (Fsp3) is 0.318. The average molecular weight is 408 g/mol. The van der Waals surface area contributed by atoms with Crippen LogP contribution in [0.1, 0.15) is 42.5 Å². The van der Waals surface area contributed by atoms with Gasteiger partial charge in [-0.15, -0.1) is 0 Å². The normalized spacial score (nSPS) is 21.2. The minimum Gasteiger partial charge on any atom is -0.458 e. The molecule has 0 aliphatic carbocycles. The van der Waals surface area contributed by atoms with E-state index < -0.39 is 23.0 Å². The number of ether oxygens (including phenoxy) is 1. The molecule has 8 heteroatoms. The lowest BCUT2D eigenvalue weighted by Crippen LogP contribution is -2.47. The van der Waals surface area contributed by atoms with Crippen LogP contribution in [0.4, 0.5) is 0 Å². The molecule has 2 aliphatic rings. The SMILES string of the molecule is CCc1c2c(nc3ccccc13)-c1cc3c(c(=O)n1C2(O)O)COC(=O)C3(O)CC. The molecule has 1 atom stereocenters. The number of hydrogen-bond acceptors (Lipinski definition) is 7. The minimum absolute atomic E-state index is 0.00331. The van der Waals surface area contributed by atoms with Gasteiger partial charge in [-0.25, -0.2) is 14.3 Å². The summed E-state index contributed by atoms with van der Waals surface area (Å²) in [5.74, 6) is -3.45. The van der Waals surface area contributed by atoms with Crippen molar-refractivity contribution in [3.05, 3.63) is 62.9 Å². The highest BCUT2D eigenvalue weighted by Gasteiger charge is 2.50. The van der Waals surface area contributed by atoms with Gasteiger partial charge in [0.05, 0.1) is 28.0 Å². The Morgan fingerprint density at radius 3 is 2.60 bits per heavy atom. The van der Waals surface area contributed by atoms with Crippen molar-refractivity contribution >= 4 is 16.9 Å². The number of aliphatic hydroxyl groups is 3. The number of nitrogens with zero attached hydrogens (tertiary/aromatic N) is 2. The highest BCUT2D eigenvalue weighted by Crippen LogP contribution is 2.45. The molecule has 154 valence electrons. The van der Waals surface area contributed by atoms with Gasteiger partial charge in [0.15, 0.2) is 5.60 Å². The number of aryl methyl sites for hydroxylation is 1. The second-order valence-electron chi connectivity index (χ2n) is 7.67. The highest BCUT2D eigenvalue weighted by molar-refractivity contribution is 5.89. The molecule has 3 aromatic rings. The third-order valence-corrected chi connectivity index (χ3v) is 6.19. The van der Waals surface area contributed by atoms with Crippen LogP contribution in [0.5, 0.6) is 0 Å². The molecular formula is C22H20N2O6. The van der Waals surface area contributed by atoms with Gasteiger partial charge >= 0.3 is 5.97 Å². The molecule has 0 spiro atoms. The summed E-state index contributed by atoms with van der Waals surface area (Å²) in [5, 5.41) is 33.9. The number of benzene rings is 1. The van der Waals surface area contributed by atoms with E-state index in [1.165, 1.54) is 6.07 Å². The third kappa shape index (κ3) is 2.13. The quantitative estimate of drug-likeness (QED) is 0.431. The van der Waals surface area contributed by atoms with Crippen LogP contribution < -0.4 is 5.56 Å². The van der Waals surface area contributed by atoms with Crippen LogP contribution in [0.25, 0.3) is 22.3 Å². The Morgan fingerprint density at radius 2 is 1.90 bits per heavy atom. The van der Waals surface area contributed by atoms with Gasteiger partial charge in [0.25, 0.3) is 11.5 Å². The first kappa shape index (κ1) is 18.9. The van der Waals surface area contributed by atoms with Gasteiger partial charge in [0.1, 0.15) is 6.61 Å². The Balaban J connectivity index is 1.93. The lowest BCUT2D eigenvalue weighted by molar-refractivity contribution is -0.189. The smallest absolute Gasteiger partial charge is 0.343 e. The van der Waals surface area contributed by atoms with Crippen LogP contribution in [-0.4, -0.2) is 30.8 Å². The number of hydrogen-bond donors (Lipinski definition) is 3. The van der Waals surface area contributed by atoms with Crippen molar-refractivity contribution in [3.8, 4) is 11.4 Å². The third-order valence-electron chi connectivity index (χ3n) is 6.19. The Morgan fingerprint density at radius 1 is 1.17 bits per heavy atom. The van der Waals surface area contributed by atoms with E-state index in [4.69, 9.17) is 4.74 Å². The van der Waals surface area contributed by atoms with Crippen LogP contribution in [0.3, 0.4) is 0 Å².